The lowest BCUT2D eigenvalue weighted by Crippen LogP contribution is -2.26. The summed E-state index contributed by atoms with van der Waals surface area (Å²) < 4.78 is 0. The molecule has 0 bridgehead atoms. The van der Waals surface area contributed by atoms with Gasteiger partial charge in [0.2, 0.25) is 0 Å². The molecular weight excluding hydrogens is 248 g/mol. The highest BCUT2D eigenvalue weighted by Crippen LogP contribution is 2.08. The number of carbonyl (C=O) groups is 1. The Morgan fingerprint density at radius 1 is 1.44 bits per heavy atom. The summed E-state index contributed by atoms with van der Waals surface area (Å²) in [5.74, 6) is 0.386. The smallest absolute Gasteiger partial charge is 0.271 e. The molecule has 2 aromatic rings. The Bertz CT molecular complexity index is 513. The SMILES string of the molecule is CNc1cncc(C(=O)NCCc2cccs2)n1. The van der Waals surface area contributed by atoms with E-state index in [1.54, 1.807) is 24.6 Å². The lowest BCUT2D eigenvalue weighted by molar-refractivity contribution is 0.0949. The lowest BCUT2D eigenvalue weighted by atomic mass is 10.3. The van der Waals surface area contributed by atoms with Gasteiger partial charge in [-0.1, -0.05) is 6.07 Å². The summed E-state index contributed by atoms with van der Waals surface area (Å²) in [6.07, 6.45) is 3.87. The van der Waals surface area contributed by atoms with Crippen molar-refractivity contribution in [1.82, 2.24) is 15.3 Å². The van der Waals surface area contributed by atoms with E-state index in [0.717, 1.165) is 6.42 Å². The van der Waals surface area contributed by atoms with Gasteiger partial charge in [-0.05, 0) is 17.9 Å². The number of anilines is 1. The third-order valence-electron chi connectivity index (χ3n) is 2.36. The van der Waals surface area contributed by atoms with Crippen LogP contribution in [0.1, 0.15) is 15.4 Å². The van der Waals surface area contributed by atoms with E-state index in [1.807, 2.05) is 11.4 Å². The maximum atomic E-state index is 11.8. The molecule has 6 heteroatoms. The summed E-state index contributed by atoms with van der Waals surface area (Å²) in [5, 5.41) is 7.70. The third-order valence-corrected chi connectivity index (χ3v) is 3.30. The summed E-state index contributed by atoms with van der Waals surface area (Å²) in [4.78, 5) is 21.1. The van der Waals surface area contributed by atoms with E-state index >= 15 is 0 Å². The van der Waals surface area contributed by atoms with Gasteiger partial charge < -0.3 is 10.6 Å². The fourth-order valence-electron chi connectivity index (χ4n) is 1.44. The van der Waals surface area contributed by atoms with Crippen LogP contribution < -0.4 is 10.6 Å². The first-order valence-electron chi connectivity index (χ1n) is 5.60. The van der Waals surface area contributed by atoms with Crippen LogP contribution in [0.3, 0.4) is 0 Å². The number of thiophene rings is 1. The molecule has 0 saturated heterocycles. The van der Waals surface area contributed by atoms with Gasteiger partial charge in [0.05, 0.1) is 12.4 Å². The van der Waals surface area contributed by atoms with Crippen LogP contribution in [0.15, 0.2) is 29.9 Å². The van der Waals surface area contributed by atoms with E-state index in [1.165, 1.54) is 11.1 Å². The van der Waals surface area contributed by atoms with Crippen molar-refractivity contribution in [2.75, 3.05) is 18.9 Å². The first kappa shape index (κ1) is 12.5. The van der Waals surface area contributed by atoms with Crippen molar-refractivity contribution in [2.45, 2.75) is 6.42 Å². The molecule has 0 atom stereocenters. The van der Waals surface area contributed by atoms with Crippen LogP contribution in [0.2, 0.25) is 0 Å². The number of amides is 1. The Hall–Kier alpha value is -1.95. The highest BCUT2D eigenvalue weighted by molar-refractivity contribution is 7.09. The summed E-state index contributed by atoms with van der Waals surface area (Å²) in [6, 6.07) is 4.06. The molecule has 0 aliphatic rings. The van der Waals surface area contributed by atoms with Crippen molar-refractivity contribution in [3.8, 4) is 0 Å². The number of nitrogens with zero attached hydrogens (tertiary/aromatic N) is 2. The van der Waals surface area contributed by atoms with Crippen LogP contribution in [0, 0.1) is 0 Å². The predicted molar refractivity (Wildman–Crippen MR) is 71.9 cm³/mol. The van der Waals surface area contributed by atoms with Crippen LogP contribution in [-0.2, 0) is 6.42 Å². The average Bonchev–Trinajstić information content (AvgIpc) is 2.92. The third kappa shape index (κ3) is 3.27. The van der Waals surface area contributed by atoms with E-state index < -0.39 is 0 Å². The summed E-state index contributed by atoms with van der Waals surface area (Å²) in [7, 11) is 1.74. The second-order valence-corrected chi connectivity index (χ2v) is 4.66. The lowest BCUT2D eigenvalue weighted by Gasteiger charge is -2.04. The Kier molecular flexibility index (Phi) is 4.25. The molecule has 18 heavy (non-hydrogen) atoms. The van der Waals surface area contributed by atoms with Crippen molar-refractivity contribution in [3.63, 3.8) is 0 Å². The molecule has 0 unspecified atom stereocenters. The number of hydrogen-bond donors (Lipinski definition) is 2. The predicted octanol–water partition coefficient (Wildman–Crippen LogP) is 1.55. The zero-order valence-corrected chi connectivity index (χ0v) is 10.8. The van der Waals surface area contributed by atoms with Gasteiger partial charge in [0.1, 0.15) is 11.5 Å². The molecule has 0 aliphatic heterocycles. The Morgan fingerprint density at radius 3 is 3.06 bits per heavy atom. The molecule has 2 rings (SSSR count). The minimum atomic E-state index is -0.198. The topological polar surface area (TPSA) is 66.9 Å². The van der Waals surface area contributed by atoms with Gasteiger partial charge in [-0.2, -0.15) is 0 Å². The van der Waals surface area contributed by atoms with Gasteiger partial charge in [-0.3, -0.25) is 9.78 Å². The summed E-state index contributed by atoms with van der Waals surface area (Å²) >= 11 is 1.69. The molecule has 1 amide bonds. The Labute approximate surface area is 109 Å². The zero-order chi connectivity index (χ0) is 12.8. The fraction of sp³-hybridized carbons (Fsp3) is 0.250. The van der Waals surface area contributed by atoms with E-state index in [0.29, 0.717) is 18.1 Å². The molecule has 0 radical (unpaired) electrons. The first-order chi connectivity index (χ1) is 8.79. The molecule has 5 nitrogen and oxygen atoms in total. The highest BCUT2D eigenvalue weighted by Gasteiger charge is 2.07. The molecule has 0 fully saturated rings. The number of nitrogens with one attached hydrogen (secondary N) is 2. The summed E-state index contributed by atoms with van der Waals surface area (Å²) in [6.45, 7) is 0.602. The van der Waals surface area contributed by atoms with E-state index in [9.17, 15) is 4.79 Å². The second kappa shape index (κ2) is 6.11. The van der Waals surface area contributed by atoms with E-state index in [-0.39, 0.29) is 5.91 Å². The maximum absolute atomic E-state index is 11.8. The Balaban J connectivity index is 1.87. The summed E-state index contributed by atoms with van der Waals surface area (Å²) in [5.41, 5.74) is 0.327. The van der Waals surface area contributed by atoms with Crippen molar-refractivity contribution < 1.29 is 4.79 Å². The van der Waals surface area contributed by atoms with Crippen LogP contribution >= 0.6 is 11.3 Å². The molecule has 0 aliphatic carbocycles. The molecule has 0 aromatic carbocycles. The molecule has 0 saturated carbocycles. The van der Waals surface area contributed by atoms with Crippen LogP contribution in [-0.4, -0.2) is 29.5 Å². The number of aromatic nitrogens is 2. The van der Waals surface area contributed by atoms with Crippen molar-refractivity contribution in [1.29, 1.82) is 0 Å². The molecule has 2 aromatic heterocycles. The Morgan fingerprint density at radius 2 is 2.33 bits per heavy atom. The highest BCUT2D eigenvalue weighted by atomic mass is 32.1. The van der Waals surface area contributed by atoms with E-state index in [4.69, 9.17) is 0 Å². The van der Waals surface area contributed by atoms with Gasteiger partial charge in [0.25, 0.3) is 5.91 Å². The fourth-order valence-corrected chi connectivity index (χ4v) is 2.15. The monoisotopic (exact) mass is 262 g/mol. The quantitative estimate of drug-likeness (QED) is 0.858. The van der Waals surface area contributed by atoms with Gasteiger partial charge in [0, 0.05) is 18.5 Å². The zero-order valence-electron chi connectivity index (χ0n) is 10.0. The van der Waals surface area contributed by atoms with Crippen LogP contribution in [0.4, 0.5) is 5.82 Å². The largest absolute Gasteiger partial charge is 0.372 e. The van der Waals surface area contributed by atoms with E-state index in [2.05, 4.69) is 26.7 Å². The van der Waals surface area contributed by atoms with Crippen molar-refractivity contribution in [2.24, 2.45) is 0 Å². The number of rotatable bonds is 5. The number of hydrogen-bond acceptors (Lipinski definition) is 5. The average molecular weight is 262 g/mol. The van der Waals surface area contributed by atoms with Gasteiger partial charge in [-0.25, -0.2) is 4.98 Å². The van der Waals surface area contributed by atoms with Gasteiger partial charge in [0.15, 0.2) is 0 Å². The molecule has 94 valence electrons. The second-order valence-electron chi connectivity index (χ2n) is 3.62. The van der Waals surface area contributed by atoms with Crippen LogP contribution in [0.25, 0.3) is 0 Å². The minimum absolute atomic E-state index is 0.198. The molecule has 2 heterocycles. The standard InChI is InChI=1S/C12H14N4OS/c1-13-11-8-14-7-10(16-11)12(17)15-5-4-9-3-2-6-18-9/h2-3,6-8H,4-5H2,1H3,(H,13,16)(H,15,17). The van der Waals surface area contributed by atoms with Crippen molar-refractivity contribution in [3.05, 3.63) is 40.5 Å². The molecular formula is C12H14N4OS. The van der Waals surface area contributed by atoms with Gasteiger partial charge >= 0.3 is 0 Å². The number of carbonyl (C=O) groups excluding carboxylic acids is 1. The molecule has 2 N–H and O–H groups in total. The maximum Gasteiger partial charge on any atom is 0.271 e. The van der Waals surface area contributed by atoms with Gasteiger partial charge in [-0.15, -0.1) is 11.3 Å². The van der Waals surface area contributed by atoms with Crippen LogP contribution in [0.5, 0.6) is 0 Å². The first-order valence-corrected chi connectivity index (χ1v) is 6.48. The van der Waals surface area contributed by atoms with Crippen molar-refractivity contribution >= 4 is 23.1 Å². The minimum Gasteiger partial charge on any atom is -0.372 e. The normalized spacial score (nSPS) is 10.1. The molecule has 0 spiro atoms.